The molecule has 0 radical (unpaired) electrons. The van der Waals surface area contributed by atoms with E-state index >= 15 is 0 Å². The zero-order chi connectivity index (χ0) is 40.7. The van der Waals surface area contributed by atoms with E-state index in [-0.39, 0.29) is 42.7 Å². The van der Waals surface area contributed by atoms with Crippen LogP contribution in [0, 0.1) is 0 Å². The normalized spacial score (nSPS) is 13.8. The van der Waals surface area contributed by atoms with Crippen LogP contribution in [0.4, 0.5) is 0 Å². The van der Waals surface area contributed by atoms with Crippen LogP contribution >= 0.6 is 0 Å². The molecule has 312 valence electrons. The van der Waals surface area contributed by atoms with Gasteiger partial charge in [0.2, 0.25) is 0 Å². The molecule has 0 heterocycles. The van der Waals surface area contributed by atoms with Gasteiger partial charge in [-0.2, -0.15) is 0 Å². The number of carbonyl (C=O) groups excluding carboxylic acids is 2. The Balaban J connectivity index is 4.51. The molecule has 8 heteroatoms. The lowest BCUT2D eigenvalue weighted by Crippen LogP contribution is -2.50. The Labute approximate surface area is 335 Å². The van der Waals surface area contributed by atoms with E-state index in [1.165, 1.54) is 25.7 Å². The maximum Gasteiger partial charge on any atom is 0.362 e. The summed E-state index contributed by atoms with van der Waals surface area (Å²) in [5, 5.41) is 9.60. The third-order valence-corrected chi connectivity index (χ3v) is 8.79. The molecular weight excluding hydrogens is 691 g/mol. The first-order valence-corrected chi connectivity index (χ1v) is 21.1. The number of likely N-dealkylation sites (N-methyl/N-ethyl adjacent to an activating group) is 1. The fourth-order valence-corrected chi connectivity index (χ4v) is 5.52. The average molecular weight is 769 g/mol. The quantitative estimate of drug-likeness (QED) is 0.0293. The van der Waals surface area contributed by atoms with Crippen molar-refractivity contribution in [2.24, 2.45) is 0 Å². The lowest BCUT2D eigenvalue weighted by molar-refractivity contribution is -0.887. The van der Waals surface area contributed by atoms with E-state index in [0.717, 1.165) is 77.0 Å². The van der Waals surface area contributed by atoms with Crippen LogP contribution in [0.25, 0.3) is 0 Å². The van der Waals surface area contributed by atoms with Crippen molar-refractivity contribution < 1.29 is 38.2 Å². The van der Waals surface area contributed by atoms with Gasteiger partial charge in [-0.25, -0.2) is 4.79 Å². The van der Waals surface area contributed by atoms with Gasteiger partial charge in [-0.3, -0.25) is 9.59 Å². The number of unbranched alkanes of at least 4 members (excludes halogenated alkanes) is 8. The Morgan fingerprint density at radius 1 is 0.564 bits per heavy atom. The Morgan fingerprint density at radius 2 is 1.05 bits per heavy atom. The highest BCUT2D eigenvalue weighted by Gasteiger charge is 2.31. The Kier molecular flexibility index (Phi) is 35.1. The summed E-state index contributed by atoms with van der Waals surface area (Å²) >= 11 is 0. The molecule has 0 rings (SSSR count). The minimum atomic E-state index is -0.890. The number of ether oxygens (including phenoxy) is 3. The van der Waals surface area contributed by atoms with Gasteiger partial charge in [-0.1, -0.05) is 131 Å². The van der Waals surface area contributed by atoms with Gasteiger partial charge in [0.15, 0.2) is 12.1 Å². The lowest BCUT2D eigenvalue weighted by Gasteiger charge is -2.31. The van der Waals surface area contributed by atoms with Crippen LogP contribution in [-0.4, -0.2) is 80.6 Å². The summed E-state index contributed by atoms with van der Waals surface area (Å²) in [6, 6.07) is -0.630. The fraction of sp³-hybridized carbons (Fsp3) is 0.638. The van der Waals surface area contributed by atoms with Crippen molar-refractivity contribution >= 4 is 17.9 Å². The fourth-order valence-electron chi connectivity index (χ4n) is 5.52. The molecule has 0 saturated carbocycles. The number of hydrogen-bond donors (Lipinski definition) is 1. The van der Waals surface area contributed by atoms with Crippen molar-refractivity contribution in [3.63, 3.8) is 0 Å². The molecular formula is C47H78NO7+. The molecule has 0 amide bonds. The van der Waals surface area contributed by atoms with Gasteiger partial charge >= 0.3 is 17.9 Å². The second-order valence-corrected chi connectivity index (χ2v) is 14.9. The minimum absolute atomic E-state index is 0.0294. The molecule has 2 atom stereocenters. The number of carbonyl (C=O) groups is 3. The summed E-state index contributed by atoms with van der Waals surface area (Å²) in [5.74, 6) is -1.60. The summed E-state index contributed by atoms with van der Waals surface area (Å²) in [4.78, 5) is 36.9. The molecule has 0 aliphatic carbocycles. The van der Waals surface area contributed by atoms with Crippen molar-refractivity contribution in [3.8, 4) is 0 Å². The van der Waals surface area contributed by atoms with Crippen LogP contribution in [0.3, 0.4) is 0 Å². The van der Waals surface area contributed by atoms with Gasteiger partial charge in [0.1, 0.15) is 6.61 Å². The molecule has 0 spiro atoms. The van der Waals surface area contributed by atoms with E-state index in [1.54, 1.807) is 0 Å². The number of nitrogens with zero attached hydrogens (tertiary/aromatic N) is 1. The number of aliphatic carboxylic acids is 1. The zero-order valence-corrected chi connectivity index (χ0v) is 35.3. The second-order valence-electron chi connectivity index (χ2n) is 14.9. The van der Waals surface area contributed by atoms with Gasteiger partial charge in [0.25, 0.3) is 0 Å². The third-order valence-electron chi connectivity index (χ3n) is 8.79. The van der Waals surface area contributed by atoms with Crippen LogP contribution in [0.5, 0.6) is 0 Å². The Morgan fingerprint density at radius 3 is 1.58 bits per heavy atom. The predicted octanol–water partition coefficient (Wildman–Crippen LogP) is 11.4. The van der Waals surface area contributed by atoms with Crippen LogP contribution in [0.2, 0.25) is 0 Å². The van der Waals surface area contributed by atoms with E-state index in [9.17, 15) is 19.5 Å². The summed E-state index contributed by atoms with van der Waals surface area (Å²) in [7, 11) is 5.49. The van der Waals surface area contributed by atoms with E-state index < -0.39 is 18.1 Å². The number of carboxylic acid groups (broad SMARTS) is 1. The summed E-state index contributed by atoms with van der Waals surface area (Å²) in [5.41, 5.74) is 0. The van der Waals surface area contributed by atoms with Crippen molar-refractivity contribution in [2.45, 2.75) is 154 Å². The van der Waals surface area contributed by atoms with Crippen LogP contribution < -0.4 is 0 Å². The van der Waals surface area contributed by atoms with Crippen molar-refractivity contribution in [1.29, 1.82) is 0 Å². The highest BCUT2D eigenvalue weighted by atomic mass is 16.6. The second kappa shape index (κ2) is 37.4. The number of rotatable bonds is 36. The number of allylic oxidation sites excluding steroid dienone is 14. The van der Waals surface area contributed by atoms with Crippen molar-refractivity contribution in [3.05, 3.63) is 85.1 Å². The monoisotopic (exact) mass is 769 g/mol. The molecule has 0 aliphatic heterocycles. The first kappa shape index (κ1) is 51.5. The first-order valence-electron chi connectivity index (χ1n) is 21.1. The molecule has 2 unspecified atom stereocenters. The van der Waals surface area contributed by atoms with E-state index in [2.05, 4.69) is 86.8 Å². The molecule has 55 heavy (non-hydrogen) atoms. The summed E-state index contributed by atoms with van der Waals surface area (Å²) in [6.45, 7) is 4.48. The standard InChI is InChI=1S/C47H77NO7/c1-6-8-10-12-14-16-18-20-21-22-23-24-25-26-28-29-31-33-35-37-45(49)54-42-43(41-53-40-39-44(47(51)52)48(3,4)5)55-46(50)38-36-34-32-30-27-19-17-15-13-11-9-7-2/h8,10,14-17,20-21,23-24,26,28,31,33,43-44H,6-7,9,11-13,18-19,22,25,27,29-30,32,34-42H2,1-5H3/p+1/b10-8+,16-14+,17-15+,21-20+,24-23+,28-26+,33-31+. The van der Waals surface area contributed by atoms with Gasteiger partial charge in [-0.05, 0) is 77.0 Å². The predicted molar refractivity (Wildman–Crippen MR) is 229 cm³/mol. The Bertz CT molecular complexity index is 1170. The maximum absolute atomic E-state index is 12.7. The molecule has 0 saturated heterocycles. The average Bonchev–Trinajstić information content (AvgIpc) is 3.14. The number of hydrogen-bond acceptors (Lipinski definition) is 6. The maximum atomic E-state index is 12.7. The molecule has 1 N–H and O–H groups in total. The highest BCUT2D eigenvalue weighted by molar-refractivity contribution is 5.72. The topological polar surface area (TPSA) is 99.1 Å². The van der Waals surface area contributed by atoms with E-state index in [4.69, 9.17) is 14.2 Å². The first-order chi connectivity index (χ1) is 26.6. The van der Waals surface area contributed by atoms with Gasteiger partial charge in [-0.15, -0.1) is 0 Å². The smallest absolute Gasteiger partial charge is 0.362 e. The Hall–Kier alpha value is -3.49. The molecule has 0 aromatic carbocycles. The summed E-state index contributed by atoms with van der Waals surface area (Å²) < 4.78 is 17.1. The molecule has 0 fully saturated rings. The van der Waals surface area contributed by atoms with Gasteiger partial charge < -0.3 is 23.8 Å². The van der Waals surface area contributed by atoms with Crippen molar-refractivity contribution in [1.82, 2.24) is 0 Å². The largest absolute Gasteiger partial charge is 0.477 e. The number of esters is 2. The van der Waals surface area contributed by atoms with E-state index in [0.29, 0.717) is 19.3 Å². The molecule has 0 aromatic rings. The third kappa shape index (κ3) is 35.9. The minimum Gasteiger partial charge on any atom is -0.477 e. The number of carboxylic acids is 1. The lowest BCUT2D eigenvalue weighted by atomic mass is 10.1. The molecule has 0 aliphatic rings. The van der Waals surface area contributed by atoms with Crippen molar-refractivity contribution in [2.75, 3.05) is 41.0 Å². The van der Waals surface area contributed by atoms with Crippen LogP contribution in [0.1, 0.15) is 142 Å². The highest BCUT2D eigenvalue weighted by Crippen LogP contribution is 2.12. The molecule has 0 aromatic heterocycles. The summed E-state index contributed by atoms with van der Waals surface area (Å²) in [6.07, 6.45) is 47.8. The van der Waals surface area contributed by atoms with E-state index in [1.807, 2.05) is 33.3 Å². The SMILES string of the molecule is CC/C=C/C/C=C/C/C=C/C/C=C/C/C=C/C/C=C/CCC(=O)OCC(COCCC(C(=O)O)[N+](C)(C)C)OC(=O)CCCCCCC/C=C/CCCCC. The zero-order valence-electron chi connectivity index (χ0n) is 35.3. The van der Waals surface area contributed by atoms with Crippen LogP contribution in [0.15, 0.2) is 85.1 Å². The molecule has 8 nitrogen and oxygen atoms in total. The molecule has 0 bridgehead atoms. The van der Waals surface area contributed by atoms with Gasteiger partial charge in [0.05, 0.1) is 34.4 Å². The van der Waals surface area contributed by atoms with Gasteiger partial charge in [0, 0.05) is 19.3 Å². The van der Waals surface area contributed by atoms with Crippen LogP contribution in [-0.2, 0) is 28.6 Å². The number of quaternary nitrogens is 1.